The first-order valence-electron chi connectivity index (χ1n) is 8.99. The minimum absolute atomic E-state index is 0. The van der Waals surface area contributed by atoms with Crippen molar-refractivity contribution in [1.82, 2.24) is 0 Å². The quantitative estimate of drug-likeness (QED) is 0.328. The van der Waals surface area contributed by atoms with Crippen molar-refractivity contribution in [1.29, 1.82) is 0 Å². The van der Waals surface area contributed by atoms with E-state index < -0.39 is 5.97 Å². The molecule has 128 valence electrons. The van der Waals surface area contributed by atoms with Crippen molar-refractivity contribution in [2.24, 2.45) is 0 Å². The molecule has 0 unspecified atom stereocenters. The van der Waals surface area contributed by atoms with E-state index in [1.165, 1.54) is 83.5 Å². The van der Waals surface area contributed by atoms with Crippen molar-refractivity contribution < 1.29 is 9.90 Å². The van der Waals surface area contributed by atoms with Crippen LogP contribution in [0.1, 0.15) is 110 Å². The largest absolute Gasteiger partial charge is 0.316 e. The van der Waals surface area contributed by atoms with Crippen molar-refractivity contribution in [3.05, 3.63) is 0 Å². The zero-order valence-corrected chi connectivity index (χ0v) is 13.7. The number of aliphatic carboxylic acids is 1. The molecule has 2 nitrogen and oxygen atoms in total. The van der Waals surface area contributed by atoms with E-state index in [1.54, 1.807) is 0 Å². The van der Waals surface area contributed by atoms with Gasteiger partial charge in [0.25, 0.3) is 0 Å². The predicted octanol–water partition coefficient (Wildman–Crippen LogP) is 4.50. The van der Waals surface area contributed by atoms with Crippen LogP contribution in [0, 0.1) is 0 Å². The SMILES string of the molecule is CCCCCCCCCCCCCCCCCC(=O)O.[CaH2].[MgH2]. The molecule has 0 bridgehead atoms. The summed E-state index contributed by atoms with van der Waals surface area (Å²) in [5.41, 5.74) is 0. The Hall–Kier alpha value is 1.50. The standard InChI is InChI=1S/C18H36O2.Ca.Mg.4H/c1-2-3-4-5-6-7-8-9-10-11-12-13-14-15-16-17-18(19)20;;;;;;/h2-17H2,1H3,(H,19,20);;;;;;. The fourth-order valence-electron chi connectivity index (χ4n) is 2.65. The minimum Gasteiger partial charge on any atom is 0.316 e. The normalized spacial score (nSPS) is 9.86. The molecule has 0 radical (unpaired) electrons. The third kappa shape index (κ3) is 26.4. The molecule has 0 saturated heterocycles. The van der Waals surface area contributed by atoms with E-state index in [0.29, 0.717) is 6.42 Å². The van der Waals surface area contributed by atoms with Gasteiger partial charge in [-0.25, -0.2) is 0 Å². The molecule has 0 aromatic heterocycles. The van der Waals surface area contributed by atoms with Crippen molar-refractivity contribution in [3.63, 3.8) is 0 Å². The van der Waals surface area contributed by atoms with Crippen LogP contribution < -0.4 is 0 Å². The Bertz CT molecular complexity index is 213. The molecule has 0 saturated carbocycles. The maximum Gasteiger partial charge on any atom is 0.316 e. The summed E-state index contributed by atoms with van der Waals surface area (Å²) in [5, 5.41) is 8.52. The van der Waals surface area contributed by atoms with Gasteiger partial charge in [-0.15, -0.1) is 0 Å². The second-order valence-corrected chi connectivity index (χ2v) is 6.09. The predicted molar refractivity (Wildman–Crippen MR) is 104 cm³/mol. The van der Waals surface area contributed by atoms with E-state index in [-0.39, 0.29) is 60.8 Å². The number of hydrogen-bond acceptors (Lipinski definition) is 1. The van der Waals surface area contributed by atoms with Gasteiger partial charge in [0, 0.05) is 6.42 Å². The summed E-state index contributed by atoms with van der Waals surface area (Å²) in [5.74, 6) is -0.653. The molecule has 0 aliphatic rings. The molecule has 4 heteroatoms. The van der Waals surface area contributed by atoms with Gasteiger partial charge in [0.05, 0.1) is 0 Å². The molecule has 0 amide bonds. The molecule has 0 fully saturated rings. The third-order valence-corrected chi connectivity index (χ3v) is 3.99. The molecule has 1 N–H and O–H groups in total. The van der Waals surface area contributed by atoms with Crippen LogP contribution in [0.3, 0.4) is 0 Å². The fourth-order valence-corrected chi connectivity index (χ4v) is 2.65. The van der Waals surface area contributed by atoms with Crippen LogP contribution in [0.15, 0.2) is 0 Å². The van der Waals surface area contributed by atoms with Gasteiger partial charge < -0.3 is 5.11 Å². The number of unbranched alkanes of at least 4 members (excludes halogenated alkanes) is 14. The maximum absolute atomic E-state index is 10.3. The van der Waals surface area contributed by atoms with Gasteiger partial charge >= 0.3 is 66.8 Å². The summed E-state index contributed by atoms with van der Waals surface area (Å²) in [6, 6.07) is 0. The van der Waals surface area contributed by atoms with Gasteiger partial charge in [-0.05, 0) is 6.42 Å². The zero-order chi connectivity index (χ0) is 14.9. The topological polar surface area (TPSA) is 37.3 Å². The molecule has 0 aromatic rings. The molecule has 0 spiro atoms. The van der Waals surface area contributed by atoms with Crippen molar-refractivity contribution in [2.75, 3.05) is 0 Å². The van der Waals surface area contributed by atoms with Gasteiger partial charge in [0.15, 0.2) is 0 Å². The molecule has 0 atom stereocenters. The summed E-state index contributed by atoms with van der Waals surface area (Å²) in [7, 11) is 0. The van der Waals surface area contributed by atoms with E-state index in [1.807, 2.05) is 0 Å². The van der Waals surface area contributed by atoms with E-state index in [4.69, 9.17) is 5.11 Å². The number of carbonyl (C=O) groups is 1. The molecule has 0 aliphatic heterocycles. The minimum atomic E-state index is -0.653. The molecule has 0 aliphatic carbocycles. The van der Waals surface area contributed by atoms with Crippen LogP contribution in [0.5, 0.6) is 0 Å². The Kier molecular flexibility index (Phi) is 31.8. The average molecular weight is 353 g/mol. The number of carboxylic acid groups (broad SMARTS) is 1. The molecular formula is C18H40CaMgO2. The van der Waals surface area contributed by atoms with Crippen LogP contribution in [-0.4, -0.2) is 71.9 Å². The first-order valence-corrected chi connectivity index (χ1v) is 8.99. The smallest absolute Gasteiger partial charge is 0.316 e. The Morgan fingerprint density at radius 2 is 0.909 bits per heavy atom. The molecule has 0 aromatic carbocycles. The van der Waals surface area contributed by atoms with Crippen molar-refractivity contribution in [3.8, 4) is 0 Å². The second kappa shape index (κ2) is 24.7. The van der Waals surface area contributed by atoms with Gasteiger partial charge in [0.1, 0.15) is 0 Å². The van der Waals surface area contributed by atoms with Gasteiger partial charge in [0.2, 0.25) is 0 Å². The van der Waals surface area contributed by atoms with Crippen molar-refractivity contribution in [2.45, 2.75) is 110 Å². The van der Waals surface area contributed by atoms with E-state index >= 15 is 0 Å². The van der Waals surface area contributed by atoms with Gasteiger partial charge in [-0.2, -0.15) is 0 Å². The van der Waals surface area contributed by atoms with Crippen LogP contribution in [0.25, 0.3) is 0 Å². The first-order chi connectivity index (χ1) is 9.77. The summed E-state index contributed by atoms with van der Waals surface area (Å²) >= 11 is 0. The van der Waals surface area contributed by atoms with E-state index in [2.05, 4.69) is 6.92 Å². The van der Waals surface area contributed by atoms with E-state index in [0.717, 1.165) is 12.8 Å². The Labute approximate surface area is 184 Å². The third-order valence-electron chi connectivity index (χ3n) is 3.99. The molecule has 0 rings (SSSR count). The Balaban J connectivity index is -0.00000180. The fraction of sp³-hybridized carbons (Fsp3) is 0.944. The monoisotopic (exact) mass is 352 g/mol. The molecule has 22 heavy (non-hydrogen) atoms. The second-order valence-electron chi connectivity index (χ2n) is 6.09. The molecule has 0 heterocycles. The maximum atomic E-state index is 10.3. The van der Waals surface area contributed by atoms with Crippen LogP contribution >= 0.6 is 0 Å². The van der Waals surface area contributed by atoms with E-state index in [9.17, 15) is 4.79 Å². The summed E-state index contributed by atoms with van der Waals surface area (Å²) in [4.78, 5) is 10.3. The summed E-state index contributed by atoms with van der Waals surface area (Å²) in [6.07, 6.45) is 20.2. The first kappa shape index (κ1) is 28.3. The Morgan fingerprint density at radius 1 is 0.636 bits per heavy atom. The average Bonchev–Trinajstić information content (AvgIpc) is 2.43. The van der Waals surface area contributed by atoms with Gasteiger partial charge in [-0.3, -0.25) is 4.79 Å². The number of rotatable bonds is 16. The zero-order valence-electron chi connectivity index (χ0n) is 13.7. The molecular weight excluding hydrogens is 313 g/mol. The summed E-state index contributed by atoms with van der Waals surface area (Å²) < 4.78 is 0. The number of hydrogen-bond donors (Lipinski definition) is 1. The number of carboxylic acids is 1. The van der Waals surface area contributed by atoms with Crippen LogP contribution in [0.2, 0.25) is 0 Å². The van der Waals surface area contributed by atoms with Crippen LogP contribution in [-0.2, 0) is 4.79 Å². The van der Waals surface area contributed by atoms with Gasteiger partial charge in [-0.1, -0.05) is 96.8 Å². The van der Waals surface area contributed by atoms with Crippen LogP contribution in [0.4, 0.5) is 0 Å². The Morgan fingerprint density at radius 3 is 1.18 bits per heavy atom. The summed E-state index contributed by atoms with van der Waals surface area (Å²) in [6.45, 7) is 2.27. The van der Waals surface area contributed by atoms with Crippen molar-refractivity contribution >= 4 is 66.8 Å².